The Kier molecular flexibility index (Phi) is 2.85. The van der Waals surface area contributed by atoms with Crippen molar-refractivity contribution in [2.45, 2.75) is 5.60 Å². The zero-order valence-electron chi connectivity index (χ0n) is 8.99. The number of hydrogen-bond acceptors (Lipinski definition) is 1. The predicted octanol–water partition coefficient (Wildman–Crippen LogP) is 4.49. The Bertz CT molecular complexity index is 480. The van der Waals surface area contributed by atoms with E-state index in [-0.39, 0.29) is 5.60 Å². The lowest BCUT2D eigenvalue weighted by Gasteiger charge is -2.13. The topological polar surface area (TPSA) is 12.5 Å². The van der Waals surface area contributed by atoms with Crippen LogP contribution in [0, 0.1) is 0 Å². The molecular formula is C14H10Br2O. The number of rotatable bonds is 2. The summed E-state index contributed by atoms with van der Waals surface area (Å²) in [5.74, 6) is 0. The van der Waals surface area contributed by atoms with Gasteiger partial charge in [0.25, 0.3) is 0 Å². The summed E-state index contributed by atoms with van der Waals surface area (Å²) in [6.07, 6.45) is 0. The van der Waals surface area contributed by atoms with Gasteiger partial charge in [-0.1, -0.05) is 56.1 Å². The molecule has 3 heteroatoms. The maximum Gasteiger partial charge on any atom is 0.142 e. The molecule has 0 N–H and O–H groups in total. The highest BCUT2D eigenvalue weighted by Gasteiger charge is 2.48. The van der Waals surface area contributed by atoms with E-state index in [1.54, 1.807) is 0 Å². The molecule has 0 radical (unpaired) electrons. The largest absolute Gasteiger partial charge is 0.359 e. The second-order valence-electron chi connectivity index (χ2n) is 4.13. The minimum absolute atomic E-state index is 0.221. The van der Waals surface area contributed by atoms with Gasteiger partial charge in [0.2, 0.25) is 0 Å². The Morgan fingerprint density at radius 1 is 0.765 bits per heavy atom. The van der Waals surface area contributed by atoms with E-state index in [2.05, 4.69) is 80.4 Å². The zero-order valence-corrected chi connectivity index (χ0v) is 12.2. The van der Waals surface area contributed by atoms with Crippen molar-refractivity contribution in [2.24, 2.45) is 0 Å². The number of epoxide rings is 1. The van der Waals surface area contributed by atoms with Crippen molar-refractivity contribution in [3.05, 3.63) is 68.6 Å². The highest BCUT2D eigenvalue weighted by atomic mass is 79.9. The molecule has 1 fully saturated rings. The molecule has 1 heterocycles. The third kappa shape index (κ3) is 2.07. The van der Waals surface area contributed by atoms with E-state index in [0.717, 1.165) is 15.6 Å². The standard InChI is InChI=1S/C14H10Br2O/c15-12-5-1-10(2-6-12)14(9-17-14)11-3-7-13(16)8-4-11/h1-8H,9H2. The summed E-state index contributed by atoms with van der Waals surface area (Å²) in [6, 6.07) is 16.7. The van der Waals surface area contributed by atoms with Crippen molar-refractivity contribution < 1.29 is 4.74 Å². The molecule has 0 spiro atoms. The maximum absolute atomic E-state index is 5.72. The molecule has 3 rings (SSSR count). The van der Waals surface area contributed by atoms with Crippen molar-refractivity contribution in [3.8, 4) is 0 Å². The number of benzene rings is 2. The normalized spacial score (nSPS) is 16.8. The molecule has 86 valence electrons. The monoisotopic (exact) mass is 352 g/mol. The van der Waals surface area contributed by atoms with E-state index in [9.17, 15) is 0 Å². The van der Waals surface area contributed by atoms with Crippen LogP contribution in [0.4, 0.5) is 0 Å². The van der Waals surface area contributed by atoms with Gasteiger partial charge in [0, 0.05) is 8.95 Å². The number of hydrogen-bond donors (Lipinski definition) is 0. The van der Waals surface area contributed by atoms with Crippen molar-refractivity contribution in [3.63, 3.8) is 0 Å². The van der Waals surface area contributed by atoms with Crippen LogP contribution in [-0.2, 0) is 10.3 Å². The second-order valence-corrected chi connectivity index (χ2v) is 5.96. The lowest BCUT2D eigenvalue weighted by molar-refractivity contribution is 0.349. The molecule has 2 aromatic rings. The van der Waals surface area contributed by atoms with Crippen molar-refractivity contribution >= 4 is 31.9 Å². The Morgan fingerprint density at radius 3 is 1.41 bits per heavy atom. The fourth-order valence-corrected chi connectivity index (χ4v) is 2.54. The first-order valence-electron chi connectivity index (χ1n) is 5.37. The molecule has 1 saturated heterocycles. The molecule has 0 atom stereocenters. The first kappa shape index (κ1) is 11.5. The SMILES string of the molecule is Brc1ccc(C2(c3ccc(Br)cc3)CO2)cc1. The lowest BCUT2D eigenvalue weighted by atomic mass is 9.92. The summed E-state index contributed by atoms with van der Waals surface area (Å²) >= 11 is 6.90. The van der Waals surface area contributed by atoms with Crippen LogP contribution in [0.25, 0.3) is 0 Å². The molecule has 2 aromatic carbocycles. The third-order valence-corrected chi connectivity index (χ3v) is 4.11. The van der Waals surface area contributed by atoms with E-state index >= 15 is 0 Å². The van der Waals surface area contributed by atoms with E-state index in [1.807, 2.05) is 0 Å². The first-order valence-corrected chi connectivity index (χ1v) is 6.95. The fraction of sp³-hybridized carbons (Fsp3) is 0.143. The van der Waals surface area contributed by atoms with E-state index < -0.39 is 0 Å². The lowest BCUT2D eigenvalue weighted by Crippen LogP contribution is -2.10. The molecule has 0 saturated carbocycles. The van der Waals surface area contributed by atoms with E-state index in [0.29, 0.717) is 0 Å². The molecule has 0 aromatic heterocycles. The average molecular weight is 354 g/mol. The molecular weight excluding hydrogens is 344 g/mol. The quantitative estimate of drug-likeness (QED) is 0.725. The van der Waals surface area contributed by atoms with Crippen LogP contribution in [0.3, 0.4) is 0 Å². The zero-order chi connectivity index (χ0) is 11.9. The van der Waals surface area contributed by atoms with Gasteiger partial charge < -0.3 is 4.74 Å². The molecule has 0 unspecified atom stereocenters. The molecule has 0 bridgehead atoms. The number of ether oxygens (including phenoxy) is 1. The highest BCUT2D eigenvalue weighted by molar-refractivity contribution is 9.10. The molecule has 1 aliphatic heterocycles. The molecule has 0 amide bonds. The predicted molar refractivity (Wildman–Crippen MR) is 75.0 cm³/mol. The molecule has 0 aliphatic carbocycles. The van der Waals surface area contributed by atoms with Crippen LogP contribution in [0.5, 0.6) is 0 Å². The molecule has 17 heavy (non-hydrogen) atoms. The molecule has 1 nitrogen and oxygen atoms in total. The average Bonchev–Trinajstić information content (AvgIpc) is 3.12. The minimum Gasteiger partial charge on any atom is -0.359 e. The Balaban J connectivity index is 2.01. The van der Waals surface area contributed by atoms with Crippen LogP contribution in [-0.4, -0.2) is 6.61 Å². The summed E-state index contributed by atoms with van der Waals surface area (Å²) in [6.45, 7) is 0.760. The van der Waals surface area contributed by atoms with Gasteiger partial charge in [-0.3, -0.25) is 0 Å². The van der Waals surface area contributed by atoms with E-state index in [1.165, 1.54) is 11.1 Å². The fourth-order valence-electron chi connectivity index (χ4n) is 2.01. The van der Waals surface area contributed by atoms with Crippen LogP contribution >= 0.6 is 31.9 Å². The van der Waals surface area contributed by atoms with Crippen LogP contribution in [0.15, 0.2) is 57.5 Å². The Hall–Kier alpha value is -0.640. The van der Waals surface area contributed by atoms with Crippen molar-refractivity contribution in [1.82, 2.24) is 0 Å². The van der Waals surface area contributed by atoms with Gasteiger partial charge in [0.05, 0.1) is 6.61 Å². The summed E-state index contributed by atoms with van der Waals surface area (Å²) in [5.41, 5.74) is 2.20. The first-order chi connectivity index (χ1) is 8.21. The van der Waals surface area contributed by atoms with Crippen LogP contribution in [0.2, 0.25) is 0 Å². The van der Waals surface area contributed by atoms with Gasteiger partial charge >= 0.3 is 0 Å². The van der Waals surface area contributed by atoms with Gasteiger partial charge in [-0.15, -0.1) is 0 Å². The van der Waals surface area contributed by atoms with E-state index in [4.69, 9.17) is 4.74 Å². The highest BCUT2D eigenvalue weighted by Crippen LogP contribution is 2.45. The van der Waals surface area contributed by atoms with Gasteiger partial charge in [-0.2, -0.15) is 0 Å². The third-order valence-electron chi connectivity index (χ3n) is 3.05. The van der Waals surface area contributed by atoms with Crippen LogP contribution in [0.1, 0.15) is 11.1 Å². The summed E-state index contributed by atoms with van der Waals surface area (Å²) < 4.78 is 7.90. The summed E-state index contributed by atoms with van der Waals surface area (Å²) in [7, 11) is 0. The Morgan fingerprint density at radius 2 is 1.12 bits per heavy atom. The number of halogens is 2. The maximum atomic E-state index is 5.72. The van der Waals surface area contributed by atoms with Gasteiger partial charge in [-0.25, -0.2) is 0 Å². The van der Waals surface area contributed by atoms with Crippen molar-refractivity contribution in [2.75, 3.05) is 6.61 Å². The van der Waals surface area contributed by atoms with Crippen molar-refractivity contribution in [1.29, 1.82) is 0 Å². The summed E-state index contributed by atoms with van der Waals surface area (Å²) in [5, 5.41) is 0. The van der Waals surface area contributed by atoms with Crippen LogP contribution < -0.4 is 0 Å². The van der Waals surface area contributed by atoms with Gasteiger partial charge in [0.1, 0.15) is 5.60 Å². The van der Waals surface area contributed by atoms with Gasteiger partial charge in [-0.05, 0) is 35.4 Å². The summed E-state index contributed by atoms with van der Waals surface area (Å²) in [4.78, 5) is 0. The Labute approximate surface area is 117 Å². The smallest absolute Gasteiger partial charge is 0.142 e. The second kappa shape index (κ2) is 4.23. The minimum atomic E-state index is -0.221. The molecule has 1 aliphatic rings. The van der Waals surface area contributed by atoms with Gasteiger partial charge in [0.15, 0.2) is 0 Å².